The number of amides is 2. The molecule has 172 valence electrons. The van der Waals surface area contributed by atoms with Crippen LogP contribution in [-0.4, -0.2) is 41.7 Å². The number of benzene rings is 2. The Hall–Kier alpha value is -2.18. The van der Waals surface area contributed by atoms with Crippen molar-refractivity contribution in [2.75, 3.05) is 12.9 Å². The van der Waals surface area contributed by atoms with E-state index in [-0.39, 0.29) is 17.9 Å². The molecular weight excluding hydrogens is 444 g/mol. The van der Waals surface area contributed by atoms with Gasteiger partial charge in [0.2, 0.25) is 11.8 Å². The molecule has 2 aromatic rings. The van der Waals surface area contributed by atoms with Gasteiger partial charge in [0.15, 0.2) is 0 Å². The molecule has 1 fully saturated rings. The standard InChI is InChI=1S/C25H31ClN2O3S/c1-18(25(30)27-21-5-3-4-6-21)28(17-19-7-11-22(31-2)12-8-19)24(29)15-16-32-23-13-9-20(26)10-14-23/h7-14,18,21H,3-6,15-17H2,1-2H3,(H,27,30)/t18-/m1/s1. The Morgan fingerprint density at radius 3 is 2.41 bits per heavy atom. The van der Waals surface area contributed by atoms with E-state index in [1.165, 1.54) is 0 Å². The van der Waals surface area contributed by atoms with Gasteiger partial charge in [-0.15, -0.1) is 11.8 Å². The summed E-state index contributed by atoms with van der Waals surface area (Å²) in [5.74, 6) is 1.29. The fourth-order valence-electron chi connectivity index (χ4n) is 3.83. The SMILES string of the molecule is COc1ccc(CN(C(=O)CCSc2ccc(Cl)cc2)[C@H](C)C(=O)NC2CCCC2)cc1. The van der Waals surface area contributed by atoms with Crippen LogP contribution >= 0.6 is 23.4 Å². The highest BCUT2D eigenvalue weighted by atomic mass is 35.5. The van der Waals surface area contributed by atoms with E-state index in [9.17, 15) is 9.59 Å². The van der Waals surface area contributed by atoms with Crippen LogP contribution in [0.5, 0.6) is 5.75 Å². The smallest absolute Gasteiger partial charge is 0.242 e. The summed E-state index contributed by atoms with van der Waals surface area (Å²) in [4.78, 5) is 28.9. The molecular formula is C25H31ClN2O3S. The lowest BCUT2D eigenvalue weighted by Crippen LogP contribution is -2.49. The minimum Gasteiger partial charge on any atom is -0.497 e. The number of rotatable bonds is 10. The number of carbonyl (C=O) groups excluding carboxylic acids is 2. The zero-order valence-electron chi connectivity index (χ0n) is 18.7. The Balaban J connectivity index is 1.65. The molecule has 1 aliphatic rings. The molecule has 1 N–H and O–H groups in total. The summed E-state index contributed by atoms with van der Waals surface area (Å²) >= 11 is 7.55. The van der Waals surface area contributed by atoms with Gasteiger partial charge in [0.1, 0.15) is 11.8 Å². The number of methoxy groups -OCH3 is 1. The van der Waals surface area contributed by atoms with Gasteiger partial charge in [0.25, 0.3) is 0 Å². The Morgan fingerprint density at radius 1 is 1.12 bits per heavy atom. The van der Waals surface area contributed by atoms with Crippen LogP contribution < -0.4 is 10.1 Å². The highest BCUT2D eigenvalue weighted by Gasteiger charge is 2.28. The number of ether oxygens (including phenoxy) is 1. The summed E-state index contributed by atoms with van der Waals surface area (Å²) in [7, 11) is 1.62. The van der Waals surface area contributed by atoms with Crippen LogP contribution in [0.1, 0.15) is 44.6 Å². The van der Waals surface area contributed by atoms with Crippen molar-refractivity contribution in [3.63, 3.8) is 0 Å². The Morgan fingerprint density at radius 2 is 1.78 bits per heavy atom. The highest BCUT2D eigenvalue weighted by Crippen LogP contribution is 2.23. The molecule has 0 saturated heterocycles. The Kier molecular flexibility index (Phi) is 9.30. The van der Waals surface area contributed by atoms with Crippen molar-refractivity contribution in [3.05, 3.63) is 59.1 Å². The fraction of sp³-hybridized carbons (Fsp3) is 0.440. The van der Waals surface area contributed by atoms with Crippen LogP contribution in [0, 0.1) is 0 Å². The number of hydrogen-bond acceptors (Lipinski definition) is 4. The van der Waals surface area contributed by atoms with E-state index >= 15 is 0 Å². The Bertz CT molecular complexity index is 883. The summed E-state index contributed by atoms with van der Waals surface area (Å²) in [5, 5.41) is 3.83. The third-order valence-corrected chi connectivity index (χ3v) is 7.04. The average Bonchev–Trinajstić information content (AvgIpc) is 3.31. The fourth-order valence-corrected chi connectivity index (χ4v) is 4.80. The maximum atomic E-state index is 13.2. The second-order valence-electron chi connectivity index (χ2n) is 8.09. The molecule has 32 heavy (non-hydrogen) atoms. The van der Waals surface area contributed by atoms with Crippen LogP contribution in [0.2, 0.25) is 5.02 Å². The van der Waals surface area contributed by atoms with Crippen molar-refractivity contribution in [1.29, 1.82) is 0 Å². The van der Waals surface area contributed by atoms with Crippen molar-refractivity contribution in [1.82, 2.24) is 10.2 Å². The molecule has 2 amide bonds. The summed E-state index contributed by atoms with van der Waals surface area (Å²) in [6.07, 6.45) is 4.68. The first kappa shape index (κ1) is 24.5. The van der Waals surface area contributed by atoms with E-state index in [4.69, 9.17) is 16.3 Å². The molecule has 0 unspecified atom stereocenters. The van der Waals surface area contributed by atoms with E-state index in [0.29, 0.717) is 23.7 Å². The third-order valence-electron chi connectivity index (χ3n) is 5.78. The molecule has 1 aliphatic carbocycles. The third kappa shape index (κ3) is 7.17. The average molecular weight is 475 g/mol. The number of halogens is 1. The van der Waals surface area contributed by atoms with Crippen LogP contribution in [0.15, 0.2) is 53.4 Å². The van der Waals surface area contributed by atoms with Crippen molar-refractivity contribution < 1.29 is 14.3 Å². The zero-order valence-corrected chi connectivity index (χ0v) is 20.3. The molecule has 7 heteroatoms. The predicted octanol–water partition coefficient (Wildman–Crippen LogP) is 5.31. The number of nitrogens with zero attached hydrogens (tertiary/aromatic N) is 1. The van der Waals surface area contributed by atoms with E-state index in [1.54, 1.807) is 23.8 Å². The maximum absolute atomic E-state index is 13.2. The molecule has 0 spiro atoms. The van der Waals surface area contributed by atoms with Gasteiger partial charge in [-0.2, -0.15) is 0 Å². The molecule has 0 aliphatic heterocycles. The molecule has 1 atom stereocenters. The van der Waals surface area contributed by atoms with Gasteiger partial charge in [0, 0.05) is 34.7 Å². The zero-order chi connectivity index (χ0) is 22.9. The molecule has 0 heterocycles. The summed E-state index contributed by atoms with van der Waals surface area (Å²) in [5.41, 5.74) is 0.963. The summed E-state index contributed by atoms with van der Waals surface area (Å²) in [6, 6.07) is 14.9. The number of carbonyl (C=O) groups is 2. The van der Waals surface area contributed by atoms with Crippen LogP contribution in [0.3, 0.4) is 0 Å². The topological polar surface area (TPSA) is 58.6 Å². The van der Waals surface area contributed by atoms with E-state index in [2.05, 4.69) is 5.32 Å². The number of nitrogens with one attached hydrogen (secondary N) is 1. The first-order valence-electron chi connectivity index (χ1n) is 11.1. The second-order valence-corrected chi connectivity index (χ2v) is 9.69. The van der Waals surface area contributed by atoms with Crippen molar-refractivity contribution >= 4 is 35.2 Å². The van der Waals surface area contributed by atoms with Gasteiger partial charge in [-0.25, -0.2) is 0 Å². The minimum atomic E-state index is -0.536. The monoisotopic (exact) mass is 474 g/mol. The molecule has 5 nitrogen and oxygen atoms in total. The van der Waals surface area contributed by atoms with Gasteiger partial charge >= 0.3 is 0 Å². The normalized spacial score (nSPS) is 14.7. The molecule has 1 saturated carbocycles. The summed E-state index contributed by atoms with van der Waals surface area (Å²) in [6.45, 7) is 2.20. The van der Waals surface area contributed by atoms with Gasteiger partial charge in [0.05, 0.1) is 7.11 Å². The molecule has 3 rings (SSSR count). The van der Waals surface area contributed by atoms with Gasteiger partial charge in [-0.1, -0.05) is 36.6 Å². The second kappa shape index (κ2) is 12.2. The van der Waals surface area contributed by atoms with Crippen LogP contribution in [0.25, 0.3) is 0 Å². The van der Waals surface area contributed by atoms with Crippen molar-refractivity contribution in [2.24, 2.45) is 0 Å². The van der Waals surface area contributed by atoms with E-state index < -0.39 is 6.04 Å². The largest absolute Gasteiger partial charge is 0.497 e. The van der Waals surface area contributed by atoms with Crippen LogP contribution in [-0.2, 0) is 16.1 Å². The maximum Gasteiger partial charge on any atom is 0.242 e. The lowest BCUT2D eigenvalue weighted by molar-refractivity contribution is -0.140. The molecule has 0 bridgehead atoms. The lowest BCUT2D eigenvalue weighted by atomic mass is 10.1. The first-order valence-corrected chi connectivity index (χ1v) is 12.4. The molecule has 2 aromatic carbocycles. The van der Waals surface area contributed by atoms with Gasteiger partial charge < -0.3 is 15.0 Å². The van der Waals surface area contributed by atoms with Crippen molar-refractivity contribution in [3.8, 4) is 5.75 Å². The van der Waals surface area contributed by atoms with E-state index in [1.807, 2.05) is 55.5 Å². The molecule has 0 aromatic heterocycles. The Labute approximate surface area is 199 Å². The quantitative estimate of drug-likeness (QED) is 0.474. The summed E-state index contributed by atoms with van der Waals surface area (Å²) < 4.78 is 5.23. The van der Waals surface area contributed by atoms with E-state index in [0.717, 1.165) is 41.9 Å². The van der Waals surface area contributed by atoms with Gasteiger partial charge in [-0.3, -0.25) is 9.59 Å². The molecule has 0 radical (unpaired) electrons. The van der Waals surface area contributed by atoms with Gasteiger partial charge in [-0.05, 0) is 61.7 Å². The van der Waals surface area contributed by atoms with Crippen molar-refractivity contribution in [2.45, 2.75) is 62.6 Å². The number of hydrogen-bond donors (Lipinski definition) is 1. The number of thioether (sulfide) groups is 1. The minimum absolute atomic E-state index is 0.0312. The lowest BCUT2D eigenvalue weighted by Gasteiger charge is -2.30. The highest BCUT2D eigenvalue weighted by molar-refractivity contribution is 7.99. The van der Waals surface area contributed by atoms with Crippen LogP contribution in [0.4, 0.5) is 0 Å². The first-order chi connectivity index (χ1) is 15.5. The predicted molar refractivity (Wildman–Crippen MR) is 130 cm³/mol.